The molecule has 2 aliphatic heterocycles. The molecule has 0 aromatic heterocycles. The zero-order valence-electron chi connectivity index (χ0n) is 17.6. The molecule has 0 radical (unpaired) electrons. The lowest BCUT2D eigenvalue weighted by molar-refractivity contribution is -0.137. The fourth-order valence-electron chi connectivity index (χ4n) is 3.42. The molecule has 4 atom stereocenters. The zero-order valence-corrected chi connectivity index (χ0v) is 17.6. The van der Waals surface area contributed by atoms with Crippen molar-refractivity contribution in [3.8, 4) is 0 Å². The van der Waals surface area contributed by atoms with Crippen molar-refractivity contribution in [1.29, 1.82) is 0 Å². The van der Waals surface area contributed by atoms with E-state index in [1.807, 2.05) is 6.92 Å². The molecular formula is C22H29NO7. The molecule has 30 heavy (non-hydrogen) atoms. The highest BCUT2D eigenvalue weighted by atomic mass is 16.7. The maximum Gasteiger partial charge on any atom is 0.337 e. The SMILES string of the molecule is C\C=C(/C=C(C)/C=C/C=C\C=C(/C)C(O)C12O[C@H]1C(O)(CCO)NC2=O)C(=O)OC. The van der Waals surface area contributed by atoms with Crippen LogP contribution in [0.2, 0.25) is 0 Å². The van der Waals surface area contributed by atoms with Gasteiger partial charge in [-0.1, -0.05) is 42.0 Å². The van der Waals surface area contributed by atoms with Crippen molar-refractivity contribution in [3.63, 3.8) is 0 Å². The number of aliphatic hydroxyl groups is 3. The highest BCUT2D eigenvalue weighted by molar-refractivity contribution is 5.94. The Bertz CT molecular complexity index is 838. The summed E-state index contributed by atoms with van der Waals surface area (Å²) >= 11 is 0. The van der Waals surface area contributed by atoms with Crippen molar-refractivity contribution in [1.82, 2.24) is 5.32 Å². The third kappa shape index (κ3) is 4.62. The summed E-state index contributed by atoms with van der Waals surface area (Å²) in [5, 5.41) is 32.5. The molecule has 0 aromatic rings. The van der Waals surface area contributed by atoms with E-state index in [1.54, 1.807) is 56.4 Å². The van der Waals surface area contributed by atoms with E-state index in [2.05, 4.69) is 5.32 Å². The van der Waals surface area contributed by atoms with E-state index in [1.165, 1.54) is 7.11 Å². The smallest absolute Gasteiger partial charge is 0.337 e. The monoisotopic (exact) mass is 419 g/mol. The summed E-state index contributed by atoms with van der Waals surface area (Å²) in [5.41, 5.74) is -1.41. The van der Waals surface area contributed by atoms with Gasteiger partial charge in [-0.15, -0.1) is 0 Å². The van der Waals surface area contributed by atoms with Gasteiger partial charge in [0.2, 0.25) is 5.60 Å². The number of morpholine rings is 1. The summed E-state index contributed by atoms with van der Waals surface area (Å²) < 4.78 is 10.1. The zero-order chi connectivity index (χ0) is 22.5. The lowest BCUT2D eigenvalue weighted by atomic mass is 9.91. The van der Waals surface area contributed by atoms with Crippen LogP contribution in [0.5, 0.6) is 0 Å². The first-order valence-electron chi connectivity index (χ1n) is 9.62. The molecular weight excluding hydrogens is 390 g/mol. The number of hydrogen-bond donors (Lipinski definition) is 4. The first kappa shape index (κ1) is 23.8. The van der Waals surface area contributed by atoms with Crippen LogP contribution in [0.4, 0.5) is 0 Å². The minimum Gasteiger partial charge on any atom is -0.465 e. The topological polar surface area (TPSA) is 129 Å². The molecule has 1 amide bonds. The van der Waals surface area contributed by atoms with Crippen LogP contribution in [0.1, 0.15) is 27.2 Å². The fraction of sp³-hybridized carbons (Fsp3) is 0.455. The maximum absolute atomic E-state index is 12.3. The number of rotatable bonds is 9. The largest absolute Gasteiger partial charge is 0.465 e. The molecule has 3 unspecified atom stereocenters. The van der Waals surface area contributed by atoms with Gasteiger partial charge in [0.1, 0.15) is 12.2 Å². The number of amides is 1. The van der Waals surface area contributed by atoms with Gasteiger partial charge in [0.05, 0.1) is 12.7 Å². The predicted octanol–water partition coefficient (Wildman–Crippen LogP) is 0.810. The van der Waals surface area contributed by atoms with Gasteiger partial charge in [-0.2, -0.15) is 0 Å². The molecule has 8 heteroatoms. The van der Waals surface area contributed by atoms with Crippen LogP contribution in [0.15, 0.2) is 59.3 Å². The van der Waals surface area contributed by atoms with Gasteiger partial charge in [0, 0.05) is 13.0 Å². The van der Waals surface area contributed by atoms with Crippen molar-refractivity contribution in [2.75, 3.05) is 13.7 Å². The Hall–Kier alpha value is -2.52. The van der Waals surface area contributed by atoms with Crippen LogP contribution in [-0.4, -0.2) is 64.4 Å². The average molecular weight is 419 g/mol. The van der Waals surface area contributed by atoms with Gasteiger partial charge in [0.15, 0.2) is 5.72 Å². The van der Waals surface area contributed by atoms with E-state index >= 15 is 0 Å². The molecule has 2 heterocycles. The number of aliphatic hydroxyl groups excluding tert-OH is 2. The number of methoxy groups -OCH3 is 1. The Kier molecular flexibility index (Phi) is 7.54. The lowest BCUT2D eigenvalue weighted by Gasteiger charge is -2.22. The molecule has 4 N–H and O–H groups in total. The second kappa shape index (κ2) is 9.53. The standard InChI is InChI=1S/C22H29NO7/c1-5-16(18(26)29-4)13-14(2)9-7-6-8-10-15(3)17(25)22-19(30-22)21(28,11-12-24)23-20(22)27/h5-10,13,17,19,24-25,28H,11-12H2,1-4H3,(H,23,27)/b8-6-,9-7+,14-13+,15-10+,16-5+/t17?,19-,21?,22?/m0/s1. The van der Waals surface area contributed by atoms with Gasteiger partial charge in [-0.25, -0.2) is 4.79 Å². The molecule has 164 valence electrons. The minimum atomic E-state index is -1.68. The van der Waals surface area contributed by atoms with Crippen molar-refractivity contribution in [2.24, 2.45) is 0 Å². The number of epoxide rings is 1. The lowest BCUT2D eigenvalue weighted by Crippen LogP contribution is -2.49. The Labute approximate surface area is 175 Å². The number of allylic oxidation sites excluding steroid dienone is 7. The van der Waals surface area contributed by atoms with E-state index in [0.29, 0.717) is 11.1 Å². The normalized spacial score (nSPS) is 30.6. The number of nitrogens with one attached hydrogen (secondary N) is 1. The van der Waals surface area contributed by atoms with Gasteiger partial charge in [-0.05, 0) is 32.4 Å². The Balaban J connectivity index is 2.00. The second-order valence-corrected chi connectivity index (χ2v) is 7.32. The van der Waals surface area contributed by atoms with Crippen molar-refractivity contribution in [3.05, 3.63) is 59.3 Å². The highest BCUT2D eigenvalue weighted by Gasteiger charge is 2.79. The van der Waals surface area contributed by atoms with E-state index in [0.717, 1.165) is 5.57 Å². The number of ether oxygens (including phenoxy) is 2. The molecule has 0 saturated carbocycles. The molecule has 0 aliphatic carbocycles. The third-order valence-corrected chi connectivity index (χ3v) is 5.15. The quantitative estimate of drug-likeness (QED) is 0.188. The van der Waals surface area contributed by atoms with Gasteiger partial charge in [0.25, 0.3) is 5.91 Å². The van der Waals surface area contributed by atoms with Crippen LogP contribution >= 0.6 is 0 Å². The van der Waals surface area contributed by atoms with E-state index in [4.69, 9.17) is 14.6 Å². The van der Waals surface area contributed by atoms with Gasteiger partial charge < -0.3 is 30.1 Å². The van der Waals surface area contributed by atoms with Crippen LogP contribution < -0.4 is 5.32 Å². The van der Waals surface area contributed by atoms with Crippen molar-refractivity contribution >= 4 is 11.9 Å². The first-order chi connectivity index (χ1) is 14.2. The summed E-state index contributed by atoms with van der Waals surface area (Å²) in [6.07, 6.45) is 9.80. The highest BCUT2D eigenvalue weighted by Crippen LogP contribution is 2.52. The summed E-state index contributed by atoms with van der Waals surface area (Å²) in [7, 11) is 1.33. The molecule has 8 nitrogen and oxygen atoms in total. The summed E-state index contributed by atoms with van der Waals surface area (Å²) in [4.78, 5) is 23.8. The Morgan fingerprint density at radius 3 is 2.60 bits per heavy atom. The Morgan fingerprint density at radius 1 is 1.33 bits per heavy atom. The molecule has 0 aromatic carbocycles. The molecule has 0 spiro atoms. The van der Waals surface area contributed by atoms with E-state index < -0.39 is 35.4 Å². The molecule has 2 saturated heterocycles. The average Bonchev–Trinajstić information content (AvgIpc) is 3.44. The second-order valence-electron chi connectivity index (χ2n) is 7.32. The van der Waals surface area contributed by atoms with Gasteiger partial charge in [-0.3, -0.25) is 4.79 Å². The number of carbonyl (C=O) groups excluding carboxylic acids is 2. The van der Waals surface area contributed by atoms with Gasteiger partial charge >= 0.3 is 5.97 Å². The number of carbonyl (C=O) groups is 2. The maximum atomic E-state index is 12.3. The van der Waals surface area contributed by atoms with Crippen LogP contribution in [0, 0.1) is 0 Å². The Morgan fingerprint density at radius 2 is 2.03 bits per heavy atom. The van der Waals surface area contributed by atoms with Crippen LogP contribution in [0.3, 0.4) is 0 Å². The minimum absolute atomic E-state index is 0.0802. The van der Waals surface area contributed by atoms with Crippen LogP contribution in [0.25, 0.3) is 0 Å². The summed E-state index contributed by atoms with van der Waals surface area (Å²) in [6.45, 7) is 4.93. The third-order valence-electron chi connectivity index (χ3n) is 5.15. The summed E-state index contributed by atoms with van der Waals surface area (Å²) in [5.74, 6) is -1.01. The van der Waals surface area contributed by atoms with Crippen molar-refractivity contribution in [2.45, 2.75) is 50.7 Å². The van der Waals surface area contributed by atoms with E-state index in [9.17, 15) is 19.8 Å². The summed E-state index contributed by atoms with van der Waals surface area (Å²) in [6, 6.07) is 0. The first-order valence-corrected chi connectivity index (χ1v) is 9.62. The fourth-order valence-corrected chi connectivity index (χ4v) is 3.42. The molecule has 2 rings (SSSR count). The number of fused-ring (bicyclic) bond motifs is 1. The predicted molar refractivity (Wildman–Crippen MR) is 110 cm³/mol. The number of esters is 1. The number of hydrogen-bond acceptors (Lipinski definition) is 7. The van der Waals surface area contributed by atoms with Crippen molar-refractivity contribution < 1.29 is 34.4 Å². The molecule has 2 aliphatic rings. The van der Waals surface area contributed by atoms with Crippen LogP contribution in [-0.2, 0) is 19.1 Å². The molecule has 0 bridgehead atoms. The van der Waals surface area contributed by atoms with E-state index in [-0.39, 0.29) is 13.0 Å². The molecule has 2 fully saturated rings.